The molecule has 1 atom stereocenters. The van der Waals surface area contributed by atoms with Gasteiger partial charge in [-0.05, 0) is 31.0 Å². The summed E-state index contributed by atoms with van der Waals surface area (Å²) < 4.78 is 51.7. The molecule has 2 rings (SSSR count). The van der Waals surface area contributed by atoms with Gasteiger partial charge in [0.25, 0.3) is 0 Å². The fourth-order valence-electron chi connectivity index (χ4n) is 3.07. The van der Waals surface area contributed by atoms with Gasteiger partial charge in [0.05, 0.1) is 18.1 Å². The van der Waals surface area contributed by atoms with Crippen LogP contribution in [0.3, 0.4) is 0 Å². The number of carbonyl (C=O) groups excluding carboxylic acids is 1. The van der Waals surface area contributed by atoms with E-state index in [4.69, 9.17) is 0 Å². The molecule has 1 heterocycles. The topological polar surface area (TPSA) is 100 Å². The van der Waals surface area contributed by atoms with E-state index in [0.717, 1.165) is 5.56 Å². The Hall–Kier alpha value is -2.43. The first-order valence-electron chi connectivity index (χ1n) is 9.71. The molecule has 1 aromatic rings. The molecule has 1 aliphatic heterocycles. The predicted molar refractivity (Wildman–Crippen MR) is 110 cm³/mol. The van der Waals surface area contributed by atoms with Crippen molar-refractivity contribution in [3.63, 3.8) is 0 Å². The standard InChI is InChI=1S/C19H28F2N4O4S/c1-3-22-19(23-10-8-17(26)24-15-9-11-30(27,28)13-15)25(2)12-14-4-6-16(7-5-14)29-18(20)21/h4-7,15,18H,3,8-13H2,1-2H3,(H,22,23)(H,24,26). The number of benzene rings is 1. The fourth-order valence-corrected chi connectivity index (χ4v) is 4.74. The normalized spacial score (nSPS) is 18.3. The molecule has 1 aliphatic rings. The number of nitrogens with one attached hydrogen (secondary N) is 2. The van der Waals surface area contributed by atoms with Crippen LogP contribution in [0.15, 0.2) is 29.3 Å². The lowest BCUT2D eigenvalue weighted by molar-refractivity contribution is -0.121. The van der Waals surface area contributed by atoms with E-state index in [1.807, 2.05) is 18.9 Å². The average Bonchev–Trinajstić information content (AvgIpc) is 3.00. The van der Waals surface area contributed by atoms with E-state index < -0.39 is 16.4 Å². The number of ether oxygens (including phenoxy) is 1. The molecule has 1 amide bonds. The highest BCUT2D eigenvalue weighted by molar-refractivity contribution is 7.91. The maximum atomic E-state index is 12.2. The lowest BCUT2D eigenvalue weighted by Gasteiger charge is -2.22. The summed E-state index contributed by atoms with van der Waals surface area (Å²) in [6.45, 7) is 0.427. The molecule has 8 nitrogen and oxygen atoms in total. The molecular formula is C19H28F2N4O4S. The monoisotopic (exact) mass is 446 g/mol. The number of carbonyl (C=O) groups is 1. The van der Waals surface area contributed by atoms with Crippen molar-refractivity contribution in [2.24, 2.45) is 4.99 Å². The first-order chi connectivity index (χ1) is 14.2. The molecule has 0 spiro atoms. The molecule has 1 saturated heterocycles. The number of nitrogens with zero attached hydrogens (tertiary/aromatic N) is 2. The molecule has 2 N–H and O–H groups in total. The summed E-state index contributed by atoms with van der Waals surface area (Å²) in [4.78, 5) is 18.3. The average molecular weight is 447 g/mol. The van der Waals surface area contributed by atoms with Crippen LogP contribution in [0.25, 0.3) is 0 Å². The Morgan fingerprint density at radius 2 is 2.03 bits per heavy atom. The zero-order valence-corrected chi connectivity index (χ0v) is 17.9. The second-order valence-electron chi connectivity index (χ2n) is 7.03. The van der Waals surface area contributed by atoms with Crippen LogP contribution in [-0.2, 0) is 21.2 Å². The van der Waals surface area contributed by atoms with Crippen LogP contribution in [0.4, 0.5) is 8.78 Å². The highest BCUT2D eigenvalue weighted by atomic mass is 32.2. The van der Waals surface area contributed by atoms with Gasteiger partial charge in [-0.2, -0.15) is 8.78 Å². The molecule has 30 heavy (non-hydrogen) atoms. The summed E-state index contributed by atoms with van der Waals surface area (Å²) in [6.07, 6.45) is 0.600. The summed E-state index contributed by atoms with van der Waals surface area (Å²) in [5.74, 6) is 0.573. The van der Waals surface area contributed by atoms with Crippen molar-refractivity contribution in [2.45, 2.75) is 39.0 Å². The number of guanidine groups is 1. The van der Waals surface area contributed by atoms with Gasteiger partial charge in [0.15, 0.2) is 15.8 Å². The third-order valence-corrected chi connectivity index (χ3v) is 6.23. The van der Waals surface area contributed by atoms with Crippen LogP contribution >= 0.6 is 0 Å². The molecule has 0 bridgehead atoms. The Labute approximate surface area is 175 Å². The van der Waals surface area contributed by atoms with Crippen LogP contribution < -0.4 is 15.4 Å². The van der Waals surface area contributed by atoms with Crippen molar-refractivity contribution in [1.82, 2.24) is 15.5 Å². The van der Waals surface area contributed by atoms with Crippen molar-refractivity contribution in [3.8, 4) is 5.75 Å². The van der Waals surface area contributed by atoms with E-state index in [1.165, 1.54) is 12.1 Å². The Balaban J connectivity index is 1.85. The second-order valence-corrected chi connectivity index (χ2v) is 9.26. The zero-order chi connectivity index (χ0) is 22.1. The summed E-state index contributed by atoms with van der Waals surface area (Å²) in [5, 5.41) is 5.88. The molecule has 0 aromatic heterocycles. The molecule has 11 heteroatoms. The van der Waals surface area contributed by atoms with E-state index >= 15 is 0 Å². The Kier molecular flexibility index (Phi) is 8.82. The largest absolute Gasteiger partial charge is 0.435 e. The molecule has 0 radical (unpaired) electrons. The van der Waals surface area contributed by atoms with Gasteiger partial charge >= 0.3 is 6.61 Å². The maximum Gasteiger partial charge on any atom is 0.387 e. The van der Waals surface area contributed by atoms with Crippen molar-refractivity contribution in [1.29, 1.82) is 0 Å². The number of halogens is 2. The Morgan fingerprint density at radius 1 is 1.33 bits per heavy atom. The van der Waals surface area contributed by atoms with Gasteiger partial charge in [-0.3, -0.25) is 9.79 Å². The number of alkyl halides is 2. The third-order valence-electron chi connectivity index (χ3n) is 4.46. The van der Waals surface area contributed by atoms with Crippen molar-refractivity contribution >= 4 is 21.7 Å². The first-order valence-corrected chi connectivity index (χ1v) is 11.5. The minimum atomic E-state index is -3.04. The van der Waals surface area contributed by atoms with Crippen LogP contribution in [0.5, 0.6) is 5.75 Å². The molecule has 1 fully saturated rings. The molecule has 1 unspecified atom stereocenters. The number of sulfone groups is 1. The summed E-state index contributed by atoms with van der Waals surface area (Å²) in [5.41, 5.74) is 0.880. The minimum Gasteiger partial charge on any atom is -0.435 e. The van der Waals surface area contributed by atoms with Crippen molar-refractivity contribution in [2.75, 3.05) is 31.6 Å². The highest BCUT2D eigenvalue weighted by Crippen LogP contribution is 2.16. The smallest absolute Gasteiger partial charge is 0.387 e. The number of rotatable bonds is 9. The summed E-state index contributed by atoms with van der Waals surface area (Å²) >= 11 is 0. The van der Waals surface area contributed by atoms with Crippen molar-refractivity contribution in [3.05, 3.63) is 29.8 Å². The van der Waals surface area contributed by atoms with Gasteiger partial charge in [-0.25, -0.2) is 8.42 Å². The van der Waals surface area contributed by atoms with Crippen LogP contribution in [0, 0.1) is 0 Å². The van der Waals surface area contributed by atoms with Gasteiger partial charge in [0, 0.05) is 32.6 Å². The summed E-state index contributed by atoms with van der Waals surface area (Å²) in [7, 11) is -1.21. The maximum absolute atomic E-state index is 12.2. The van der Waals surface area contributed by atoms with Gasteiger partial charge in [-0.1, -0.05) is 12.1 Å². The van der Waals surface area contributed by atoms with Crippen LogP contribution in [-0.4, -0.2) is 69.5 Å². The van der Waals surface area contributed by atoms with E-state index in [9.17, 15) is 22.0 Å². The number of hydrogen-bond donors (Lipinski definition) is 2. The van der Waals surface area contributed by atoms with Gasteiger partial charge in [0.2, 0.25) is 5.91 Å². The lowest BCUT2D eigenvalue weighted by atomic mass is 10.2. The molecule has 1 aromatic carbocycles. The lowest BCUT2D eigenvalue weighted by Crippen LogP contribution is -2.39. The van der Waals surface area contributed by atoms with E-state index in [0.29, 0.717) is 25.5 Å². The molecule has 168 valence electrons. The highest BCUT2D eigenvalue weighted by Gasteiger charge is 2.28. The van der Waals surface area contributed by atoms with Gasteiger partial charge in [-0.15, -0.1) is 0 Å². The van der Waals surface area contributed by atoms with Gasteiger partial charge < -0.3 is 20.3 Å². The number of hydrogen-bond acceptors (Lipinski definition) is 5. The van der Waals surface area contributed by atoms with Gasteiger partial charge in [0.1, 0.15) is 5.75 Å². The fraction of sp³-hybridized carbons (Fsp3) is 0.579. The van der Waals surface area contributed by atoms with Crippen molar-refractivity contribution < 1.29 is 26.7 Å². The third kappa shape index (κ3) is 8.13. The molecular weight excluding hydrogens is 418 g/mol. The van der Waals surface area contributed by atoms with Crippen LogP contribution in [0.1, 0.15) is 25.3 Å². The Morgan fingerprint density at radius 3 is 2.60 bits per heavy atom. The SMILES string of the molecule is CCNC(=NCCC(=O)NC1CCS(=O)(=O)C1)N(C)Cc1ccc(OC(F)F)cc1. The number of aliphatic imine (C=N–C) groups is 1. The molecule has 0 aliphatic carbocycles. The quantitative estimate of drug-likeness (QED) is 0.439. The van der Waals surface area contributed by atoms with Crippen LogP contribution in [0.2, 0.25) is 0 Å². The second kappa shape index (κ2) is 11.1. The minimum absolute atomic E-state index is 0.00543. The van der Waals surface area contributed by atoms with E-state index in [2.05, 4.69) is 20.4 Å². The first kappa shape index (κ1) is 23.8. The zero-order valence-electron chi connectivity index (χ0n) is 17.1. The number of amides is 1. The van der Waals surface area contributed by atoms with E-state index in [-0.39, 0.29) is 42.2 Å². The van der Waals surface area contributed by atoms with E-state index in [1.54, 1.807) is 12.1 Å². The predicted octanol–water partition coefficient (Wildman–Crippen LogP) is 1.38. The summed E-state index contributed by atoms with van der Waals surface area (Å²) in [6, 6.07) is 6.03. The Bertz CT molecular complexity index is 831. The molecule has 0 saturated carbocycles.